The molecular weight excluding hydrogens is 290 g/mol. The molecule has 0 fully saturated rings. The van der Waals surface area contributed by atoms with Gasteiger partial charge in [0.1, 0.15) is 12.4 Å². The molecular formula is C16H26ClNO3. The molecule has 0 aromatic heterocycles. The lowest BCUT2D eigenvalue weighted by molar-refractivity contribution is -0.135. The van der Waals surface area contributed by atoms with Crippen LogP contribution in [0.25, 0.3) is 0 Å². The number of carbonyl (C=O) groups is 2. The fourth-order valence-corrected chi connectivity index (χ4v) is 2.77. The molecule has 21 heavy (non-hydrogen) atoms. The van der Waals surface area contributed by atoms with Gasteiger partial charge in [0.15, 0.2) is 0 Å². The van der Waals surface area contributed by atoms with Crippen molar-refractivity contribution in [1.29, 1.82) is 0 Å². The number of ether oxygens (including phenoxy) is 1. The van der Waals surface area contributed by atoms with Crippen molar-refractivity contribution in [2.24, 2.45) is 5.92 Å². The van der Waals surface area contributed by atoms with Crippen LogP contribution in [0, 0.1) is 5.92 Å². The number of carbonyl (C=O) groups excluding carboxylic acids is 2. The second kappa shape index (κ2) is 9.21. The van der Waals surface area contributed by atoms with Gasteiger partial charge in [0, 0.05) is 13.0 Å². The monoisotopic (exact) mass is 315 g/mol. The summed E-state index contributed by atoms with van der Waals surface area (Å²) in [6.45, 7) is 1.76. The van der Waals surface area contributed by atoms with Gasteiger partial charge >= 0.3 is 0 Å². The van der Waals surface area contributed by atoms with Crippen molar-refractivity contribution in [3.8, 4) is 0 Å². The van der Waals surface area contributed by atoms with Gasteiger partial charge in [-0.3, -0.25) is 4.79 Å². The minimum atomic E-state index is -0.842. The first-order valence-electron chi connectivity index (χ1n) is 7.58. The van der Waals surface area contributed by atoms with Crippen molar-refractivity contribution >= 4 is 23.8 Å². The number of hydrogen-bond acceptors (Lipinski definition) is 3. The van der Waals surface area contributed by atoms with Gasteiger partial charge in [-0.1, -0.05) is 12.2 Å². The van der Waals surface area contributed by atoms with Crippen molar-refractivity contribution in [3.63, 3.8) is 0 Å². The Morgan fingerprint density at radius 2 is 2.38 bits per heavy atom. The van der Waals surface area contributed by atoms with Crippen LogP contribution in [0.1, 0.15) is 45.4 Å². The summed E-state index contributed by atoms with van der Waals surface area (Å²) >= 11 is 5.65. The maximum atomic E-state index is 12.1. The summed E-state index contributed by atoms with van der Waals surface area (Å²) in [4.78, 5) is 23.5. The Kier molecular flexibility index (Phi) is 7.97. The average Bonchev–Trinajstić information content (AvgIpc) is 2.51. The third kappa shape index (κ3) is 6.18. The number of amides is 1. The lowest BCUT2D eigenvalue weighted by Crippen LogP contribution is -2.51. The highest BCUT2D eigenvalue weighted by molar-refractivity contribution is 6.18. The highest BCUT2D eigenvalue weighted by atomic mass is 35.5. The number of allylic oxidation sites excluding steroid dienone is 2. The summed E-state index contributed by atoms with van der Waals surface area (Å²) in [6.07, 6.45) is 10.1. The number of halogens is 1. The zero-order valence-corrected chi connectivity index (χ0v) is 13.7. The molecule has 4 nitrogen and oxygen atoms in total. The molecule has 1 aliphatic rings. The smallest absolute Gasteiger partial charge is 0.249 e. The molecule has 3 atom stereocenters. The average molecular weight is 316 g/mol. The zero-order chi connectivity index (χ0) is 15.7. The van der Waals surface area contributed by atoms with Crippen LogP contribution >= 0.6 is 11.6 Å². The van der Waals surface area contributed by atoms with Gasteiger partial charge in [-0.2, -0.15) is 0 Å². The van der Waals surface area contributed by atoms with Gasteiger partial charge in [-0.25, -0.2) is 0 Å². The molecule has 120 valence electrons. The van der Waals surface area contributed by atoms with Crippen LogP contribution in [-0.4, -0.2) is 36.8 Å². The van der Waals surface area contributed by atoms with Gasteiger partial charge in [0.05, 0.1) is 5.54 Å². The molecule has 3 unspecified atom stereocenters. The Balaban J connectivity index is 2.53. The Hall–Kier alpha value is -0.870. The van der Waals surface area contributed by atoms with Crippen molar-refractivity contribution in [2.75, 3.05) is 13.0 Å². The van der Waals surface area contributed by atoms with Crippen molar-refractivity contribution < 1.29 is 14.3 Å². The summed E-state index contributed by atoms with van der Waals surface area (Å²) in [6, 6.07) is 0. The first-order chi connectivity index (χ1) is 10.0. The summed E-state index contributed by atoms with van der Waals surface area (Å²) in [7, 11) is 1.47. The number of hydrogen-bond donors (Lipinski definition) is 1. The topological polar surface area (TPSA) is 55.4 Å². The largest absolute Gasteiger partial charge is 0.372 e. The third-order valence-electron chi connectivity index (χ3n) is 4.01. The van der Waals surface area contributed by atoms with Crippen molar-refractivity contribution in [3.05, 3.63) is 12.2 Å². The van der Waals surface area contributed by atoms with Crippen LogP contribution in [0.5, 0.6) is 0 Å². The van der Waals surface area contributed by atoms with E-state index in [4.69, 9.17) is 16.3 Å². The lowest BCUT2D eigenvalue weighted by Gasteiger charge is -2.28. The van der Waals surface area contributed by atoms with Crippen LogP contribution < -0.4 is 5.32 Å². The second-order valence-corrected chi connectivity index (χ2v) is 6.26. The molecule has 1 aliphatic carbocycles. The fourth-order valence-electron chi connectivity index (χ4n) is 2.58. The van der Waals surface area contributed by atoms with E-state index in [1.807, 2.05) is 0 Å². The van der Waals surface area contributed by atoms with E-state index in [0.717, 1.165) is 25.5 Å². The number of nitrogens with one attached hydrogen (secondary N) is 1. The van der Waals surface area contributed by atoms with Gasteiger partial charge < -0.3 is 14.8 Å². The van der Waals surface area contributed by atoms with E-state index in [9.17, 15) is 9.59 Å². The molecule has 0 heterocycles. The molecule has 0 aromatic rings. The SMILES string of the molecule is COC(CCCl)C(=O)NC(C)(C=O)CCC1C=CCCC1. The molecule has 0 aliphatic heterocycles. The van der Waals surface area contributed by atoms with E-state index >= 15 is 0 Å². The minimum absolute atomic E-state index is 0.271. The Morgan fingerprint density at radius 1 is 1.62 bits per heavy atom. The Morgan fingerprint density at radius 3 is 2.90 bits per heavy atom. The van der Waals surface area contributed by atoms with Gasteiger partial charge in [-0.15, -0.1) is 11.6 Å². The second-order valence-electron chi connectivity index (χ2n) is 5.88. The van der Waals surface area contributed by atoms with Crippen LogP contribution in [0.4, 0.5) is 0 Å². The summed E-state index contributed by atoms with van der Waals surface area (Å²) in [5.41, 5.74) is -0.842. The standard InChI is InChI=1S/C16H26ClNO3/c1-16(12-19,10-8-13-6-4-3-5-7-13)18-15(20)14(21-2)9-11-17/h4,6,12-14H,3,5,7-11H2,1-2H3,(H,18,20). The van der Waals surface area contributed by atoms with Crippen LogP contribution in [-0.2, 0) is 14.3 Å². The summed E-state index contributed by atoms with van der Waals surface area (Å²) in [5.74, 6) is 0.583. The number of alkyl halides is 1. The molecule has 0 radical (unpaired) electrons. The van der Waals surface area contributed by atoms with Crippen LogP contribution in [0.2, 0.25) is 0 Å². The molecule has 0 saturated heterocycles. The number of aldehydes is 1. The predicted octanol–water partition coefficient (Wildman–Crippen LogP) is 2.84. The van der Waals surface area contributed by atoms with E-state index in [1.165, 1.54) is 13.5 Å². The third-order valence-corrected chi connectivity index (χ3v) is 4.22. The van der Waals surface area contributed by atoms with E-state index in [2.05, 4.69) is 17.5 Å². The molecule has 0 bridgehead atoms. The Labute approximate surface area is 132 Å². The fraction of sp³-hybridized carbons (Fsp3) is 0.750. The van der Waals surface area contributed by atoms with Crippen molar-refractivity contribution in [2.45, 2.75) is 57.1 Å². The van der Waals surface area contributed by atoms with Gasteiger partial charge in [0.25, 0.3) is 0 Å². The summed E-state index contributed by atoms with van der Waals surface area (Å²) < 4.78 is 5.11. The highest BCUT2D eigenvalue weighted by Gasteiger charge is 2.29. The Bertz CT molecular complexity index is 373. The van der Waals surface area contributed by atoms with E-state index in [0.29, 0.717) is 24.6 Å². The molecule has 0 saturated carbocycles. The van der Waals surface area contributed by atoms with E-state index in [-0.39, 0.29) is 5.91 Å². The lowest BCUT2D eigenvalue weighted by atomic mass is 9.86. The number of methoxy groups -OCH3 is 1. The van der Waals surface area contributed by atoms with Crippen LogP contribution in [0.15, 0.2) is 12.2 Å². The predicted molar refractivity (Wildman–Crippen MR) is 84.5 cm³/mol. The minimum Gasteiger partial charge on any atom is -0.372 e. The zero-order valence-electron chi connectivity index (χ0n) is 12.9. The van der Waals surface area contributed by atoms with E-state index < -0.39 is 11.6 Å². The van der Waals surface area contributed by atoms with Crippen LogP contribution in [0.3, 0.4) is 0 Å². The number of rotatable bonds is 9. The van der Waals surface area contributed by atoms with E-state index in [1.54, 1.807) is 6.92 Å². The molecule has 1 rings (SSSR count). The molecule has 1 N–H and O–H groups in total. The first-order valence-corrected chi connectivity index (χ1v) is 8.12. The first kappa shape index (κ1) is 18.2. The van der Waals surface area contributed by atoms with Crippen molar-refractivity contribution in [1.82, 2.24) is 5.32 Å². The quantitative estimate of drug-likeness (QED) is 0.404. The normalized spacial score (nSPS) is 22.3. The maximum absolute atomic E-state index is 12.1. The van der Waals surface area contributed by atoms with Gasteiger partial charge in [-0.05, 0) is 51.4 Å². The molecule has 1 amide bonds. The molecule has 0 spiro atoms. The highest BCUT2D eigenvalue weighted by Crippen LogP contribution is 2.24. The molecule has 0 aromatic carbocycles. The summed E-state index contributed by atoms with van der Waals surface area (Å²) in [5, 5.41) is 2.80. The maximum Gasteiger partial charge on any atom is 0.249 e. The van der Waals surface area contributed by atoms with Gasteiger partial charge in [0.2, 0.25) is 5.91 Å². The molecule has 5 heteroatoms.